The topological polar surface area (TPSA) is 59.0 Å². The van der Waals surface area contributed by atoms with E-state index in [2.05, 4.69) is 53.3 Å². The molecule has 3 rings (SSSR count). The van der Waals surface area contributed by atoms with Crippen molar-refractivity contribution in [1.82, 2.24) is 15.2 Å². The van der Waals surface area contributed by atoms with E-state index in [-0.39, 0.29) is 30.1 Å². The number of hydrogen-bond donors (Lipinski definition) is 1. The zero-order chi connectivity index (χ0) is 19.1. The van der Waals surface area contributed by atoms with Crippen LogP contribution in [0, 0.1) is 6.92 Å². The van der Waals surface area contributed by atoms with Crippen LogP contribution in [0.5, 0.6) is 5.88 Å². The lowest BCUT2D eigenvalue weighted by Gasteiger charge is -2.35. The monoisotopic (exact) mass is 496 g/mol. The summed E-state index contributed by atoms with van der Waals surface area (Å²) in [5.41, 5.74) is 3.47. The highest BCUT2D eigenvalue weighted by Gasteiger charge is 2.25. The number of pyridine rings is 1. The first-order chi connectivity index (χ1) is 13.2. The molecule has 1 aromatic carbocycles. The molecule has 2 heterocycles. The number of aliphatic imine (C=N–C) groups is 1. The summed E-state index contributed by atoms with van der Waals surface area (Å²) in [6, 6.07) is 12.3. The molecule has 1 unspecified atom stereocenters. The molecule has 1 atom stereocenters. The molecule has 1 aliphatic rings. The Kier molecular flexibility index (Phi) is 8.98. The van der Waals surface area contributed by atoms with E-state index in [1.54, 1.807) is 13.3 Å². The molecule has 0 radical (unpaired) electrons. The number of aromatic nitrogens is 1. The van der Waals surface area contributed by atoms with E-state index in [0.717, 1.165) is 31.2 Å². The van der Waals surface area contributed by atoms with Crippen molar-refractivity contribution < 1.29 is 9.47 Å². The van der Waals surface area contributed by atoms with E-state index in [9.17, 15) is 0 Å². The smallest absolute Gasteiger partial charge is 0.218 e. The van der Waals surface area contributed by atoms with Crippen molar-refractivity contribution >= 4 is 29.9 Å². The minimum atomic E-state index is 0. The number of halogens is 1. The van der Waals surface area contributed by atoms with Gasteiger partial charge in [0.1, 0.15) is 6.10 Å². The van der Waals surface area contributed by atoms with Crippen molar-refractivity contribution in [3.05, 3.63) is 59.3 Å². The fraction of sp³-hybridized carbons (Fsp3) is 0.429. The SMILES string of the molecule is CCNC(=NCc1cccnc1OC)N1CCOC(c2ccccc2C)C1.I. The Labute approximate surface area is 184 Å². The second kappa shape index (κ2) is 11.2. The second-order valence-corrected chi connectivity index (χ2v) is 6.50. The maximum absolute atomic E-state index is 6.05. The Morgan fingerprint density at radius 1 is 1.32 bits per heavy atom. The number of hydrogen-bond acceptors (Lipinski definition) is 4. The molecule has 0 aliphatic carbocycles. The third kappa shape index (κ3) is 5.57. The highest BCUT2D eigenvalue weighted by molar-refractivity contribution is 14.0. The van der Waals surface area contributed by atoms with Gasteiger partial charge in [-0.05, 0) is 31.0 Å². The average Bonchev–Trinajstić information content (AvgIpc) is 2.71. The lowest BCUT2D eigenvalue weighted by atomic mass is 10.0. The van der Waals surface area contributed by atoms with Gasteiger partial charge in [0.25, 0.3) is 0 Å². The van der Waals surface area contributed by atoms with Crippen LogP contribution in [0.1, 0.15) is 29.7 Å². The van der Waals surface area contributed by atoms with Gasteiger partial charge in [-0.1, -0.05) is 30.3 Å². The van der Waals surface area contributed by atoms with Gasteiger partial charge in [-0.25, -0.2) is 9.98 Å². The van der Waals surface area contributed by atoms with Gasteiger partial charge in [-0.2, -0.15) is 0 Å². The number of benzene rings is 1. The zero-order valence-corrected chi connectivity index (χ0v) is 19.1. The quantitative estimate of drug-likeness (QED) is 0.390. The van der Waals surface area contributed by atoms with Gasteiger partial charge in [0.05, 0.1) is 26.8 Å². The fourth-order valence-electron chi connectivity index (χ4n) is 3.29. The van der Waals surface area contributed by atoms with Gasteiger partial charge in [0.15, 0.2) is 5.96 Å². The predicted molar refractivity (Wildman–Crippen MR) is 122 cm³/mol. The summed E-state index contributed by atoms with van der Waals surface area (Å²) in [7, 11) is 1.63. The lowest BCUT2D eigenvalue weighted by Crippen LogP contribution is -2.48. The molecule has 1 N–H and O–H groups in total. The number of ether oxygens (including phenoxy) is 2. The van der Waals surface area contributed by atoms with Crippen molar-refractivity contribution in [3.63, 3.8) is 0 Å². The zero-order valence-electron chi connectivity index (χ0n) is 16.7. The molecule has 28 heavy (non-hydrogen) atoms. The first-order valence-corrected chi connectivity index (χ1v) is 9.41. The van der Waals surface area contributed by atoms with Crippen molar-refractivity contribution in [2.75, 3.05) is 33.4 Å². The largest absolute Gasteiger partial charge is 0.481 e. The Bertz CT molecular complexity index is 785. The van der Waals surface area contributed by atoms with Crippen molar-refractivity contribution in [1.29, 1.82) is 0 Å². The molecule has 1 saturated heterocycles. The number of rotatable bonds is 5. The Balaban J connectivity index is 0.00000280. The van der Waals surface area contributed by atoms with E-state index in [4.69, 9.17) is 14.5 Å². The van der Waals surface area contributed by atoms with Crippen LogP contribution in [-0.2, 0) is 11.3 Å². The lowest BCUT2D eigenvalue weighted by molar-refractivity contribution is -0.00834. The van der Waals surface area contributed by atoms with Crippen LogP contribution >= 0.6 is 24.0 Å². The van der Waals surface area contributed by atoms with Crippen molar-refractivity contribution in [2.24, 2.45) is 4.99 Å². The Morgan fingerprint density at radius 3 is 2.89 bits per heavy atom. The molecule has 0 amide bonds. The molecule has 0 saturated carbocycles. The van der Waals surface area contributed by atoms with Crippen LogP contribution in [0.3, 0.4) is 0 Å². The minimum Gasteiger partial charge on any atom is -0.481 e. The van der Waals surface area contributed by atoms with E-state index in [0.29, 0.717) is 19.0 Å². The van der Waals surface area contributed by atoms with Crippen LogP contribution in [-0.4, -0.2) is 49.2 Å². The first kappa shape index (κ1) is 22.4. The highest BCUT2D eigenvalue weighted by Crippen LogP contribution is 2.25. The fourth-order valence-corrected chi connectivity index (χ4v) is 3.29. The summed E-state index contributed by atoms with van der Waals surface area (Å²) >= 11 is 0. The number of morpholine rings is 1. The maximum atomic E-state index is 6.05. The summed E-state index contributed by atoms with van der Waals surface area (Å²) in [4.78, 5) is 11.3. The number of aryl methyl sites for hydroxylation is 1. The van der Waals surface area contributed by atoms with E-state index < -0.39 is 0 Å². The number of nitrogens with zero attached hydrogens (tertiary/aromatic N) is 3. The maximum Gasteiger partial charge on any atom is 0.218 e. The average molecular weight is 496 g/mol. The first-order valence-electron chi connectivity index (χ1n) is 9.41. The Hall–Kier alpha value is -1.87. The number of nitrogens with one attached hydrogen (secondary N) is 1. The molecule has 0 bridgehead atoms. The van der Waals surface area contributed by atoms with Gasteiger partial charge in [0.2, 0.25) is 5.88 Å². The van der Waals surface area contributed by atoms with E-state index in [1.807, 2.05) is 12.1 Å². The van der Waals surface area contributed by atoms with E-state index in [1.165, 1.54) is 11.1 Å². The highest BCUT2D eigenvalue weighted by atomic mass is 127. The molecule has 152 valence electrons. The molecular formula is C21H29IN4O2. The van der Waals surface area contributed by atoms with Gasteiger partial charge in [-0.15, -0.1) is 24.0 Å². The summed E-state index contributed by atoms with van der Waals surface area (Å²) < 4.78 is 11.4. The summed E-state index contributed by atoms with van der Waals surface area (Å²) in [6.07, 6.45) is 1.78. The van der Waals surface area contributed by atoms with Crippen LogP contribution < -0.4 is 10.1 Å². The molecule has 7 heteroatoms. The van der Waals surface area contributed by atoms with Crippen LogP contribution in [0.25, 0.3) is 0 Å². The third-order valence-electron chi connectivity index (χ3n) is 4.68. The third-order valence-corrected chi connectivity index (χ3v) is 4.68. The van der Waals surface area contributed by atoms with Crippen LogP contribution in [0.15, 0.2) is 47.6 Å². The van der Waals surface area contributed by atoms with E-state index >= 15 is 0 Å². The van der Waals surface area contributed by atoms with Crippen LogP contribution in [0.2, 0.25) is 0 Å². The van der Waals surface area contributed by atoms with Gasteiger partial charge in [-0.3, -0.25) is 0 Å². The van der Waals surface area contributed by atoms with Gasteiger partial charge >= 0.3 is 0 Å². The summed E-state index contributed by atoms with van der Waals surface area (Å²) in [5, 5.41) is 3.41. The molecule has 1 fully saturated rings. The summed E-state index contributed by atoms with van der Waals surface area (Å²) in [6.45, 7) is 7.82. The van der Waals surface area contributed by atoms with Crippen molar-refractivity contribution in [2.45, 2.75) is 26.5 Å². The number of guanidine groups is 1. The van der Waals surface area contributed by atoms with Crippen molar-refractivity contribution in [3.8, 4) is 5.88 Å². The molecule has 1 aliphatic heterocycles. The number of methoxy groups -OCH3 is 1. The molecule has 6 nitrogen and oxygen atoms in total. The molecule has 1 aromatic heterocycles. The summed E-state index contributed by atoms with van der Waals surface area (Å²) in [5.74, 6) is 1.52. The normalized spacial score (nSPS) is 17.0. The second-order valence-electron chi connectivity index (χ2n) is 6.50. The Morgan fingerprint density at radius 2 is 2.14 bits per heavy atom. The van der Waals surface area contributed by atoms with Crippen LogP contribution in [0.4, 0.5) is 0 Å². The van der Waals surface area contributed by atoms with Gasteiger partial charge in [0, 0.05) is 24.8 Å². The predicted octanol–water partition coefficient (Wildman–Crippen LogP) is 3.56. The standard InChI is InChI=1S/C21H28N4O2.HI/c1-4-22-21(24-14-17-9-7-11-23-20(17)26-3)25-12-13-27-19(15-25)18-10-6-5-8-16(18)2;/h5-11,19H,4,12-15H2,1-3H3,(H,22,24);1H. The minimum absolute atomic E-state index is 0. The molecule has 2 aromatic rings. The molecule has 0 spiro atoms. The van der Waals surface area contributed by atoms with Gasteiger partial charge < -0.3 is 19.7 Å². The molecular weight excluding hydrogens is 467 g/mol.